The van der Waals surface area contributed by atoms with E-state index in [2.05, 4.69) is 4.98 Å². The summed E-state index contributed by atoms with van der Waals surface area (Å²) in [5.74, 6) is -0.606. The molecule has 19 heavy (non-hydrogen) atoms. The Balaban J connectivity index is 1.91. The average molecular weight is 265 g/mol. The van der Waals surface area contributed by atoms with Gasteiger partial charge in [-0.25, -0.2) is 9.37 Å². The minimum absolute atomic E-state index is 0.0457. The summed E-state index contributed by atoms with van der Waals surface area (Å²) < 4.78 is 20.2. The number of aryl methyl sites for hydroxylation is 1. The topological polar surface area (TPSA) is 70.2 Å². The van der Waals surface area contributed by atoms with Crippen LogP contribution < -0.4 is 4.74 Å². The van der Waals surface area contributed by atoms with Gasteiger partial charge in [-0.1, -0.05) is 0 Å². The Bertz CT molecular complexity index is 557. The molecule has 0 aliphatic rings. The van der Waals surface area contributed by atoms with Crippen molar-refractivity contribution in [3.8, 4) is 5.75 Å². The minimum Gasteiger partial charge on any atom is -0.487 e. The standard InChI is InChI=1S/C12H12FN3O3/c13-10-2-3-11(16(17)18)12(8-10)19-7-1-5-15-6-4-14-9-15/h2-4,6,8-9H,1,5,7H2. The van der Waals surface area contributed by atoms with Crippen molar-refractivity contribution in [2.24, 2.45) is 0 Å². The third-order valence-corrected chi connectivity index (χ3v) is 2.50. The second kappa shape index (κ2) is 5.94. The van der Waals surface area contributed by atoms with Crippen molar-refractivity contribution < 1.29 is 14.1 Å². The highest BCUT2D eigenvalue weighted by Crippen LogP contribution is 2.27. The van der Waals surface area contributed by atoms with Gasteiger partial charge in [0.25, 0.3) is 0 Å². The van der Waals surface area contributed by atoms with Gasteiger partial charge in [0.1, 0.15) is 5.82 Å². The fourth-order valence-electron chi connectivity index (χ4n) is 1.60. The molecule has 2 rings (SSSR count). The number of halogens is 1. The lowest BCUT2D eigenvalue weighted by molar-refractivity contribution is -0.385. The number of imidazole rings is 1. The summed E-state index contributed by atoms with van der Waals surface area (Å²) in [5.41, 5.74) is -0.232. The number of hydrogen-bond donors (Lipinski definition) is 0. The molecule has 0 atom stereocenters. The van der Waals surface area contributed by atoms with Gasteiger partial charge >= 0.3 is 5.69 Å². The van der Waals surface area contributed by atoms with Gasteiger partial charge in [0.15, 0.2) is 5.75 Å². The first-order valence-electron chi connectivity index (χ1n) is 5.69. The third kappa shape index (κ3) is 3.51. The van der Waals surface area contributed by atoms with Gasteiger partial charge in [-0.05, 0) is 12.5 Å². The van der Waals surface area contributed by atoms with Crippen LogP contribution in [0.4, 0.5) is 10.1 Å². The number of nitro groups is 1. The smallest absolute Gasteiger partial charge is 0.311 e. The normalized spacial score (nSPS) is 10.4. The molecule has 0 saturated heterocycles. The lowest BCUT2D eigenvalue weighted by Gasteiger charge is -2.07. The molecule has 0 bridgehead atoms. The molecule has 0 N–H and O–H groups in total. The molecule has 2 aromatic rings. The molecule has 0 saturated carbocycles. The number of aromatic nitrogens is 2. The summed E-state index contributed by atoms with van der Waals surface area (Å²) in [6, 6.07) is 3.16. The molecule has 1 aromatic heterocycles. The Labute approximate surface area is 108 Å². The monoisotopic (exact) mass is 265 g/mol. The third-order valence-electron chi connectivity index (χ3n) is 2.50. The van der Waals surface area contributed by atoms with Gasteiger partial charge < -0.3 is 9.30 Å². The lowest BCUT2D eigenvalue weighted by Crippen LogP contribution is -2.04. The van der Waals surface area contributed by atoms with Crippen LogP contribution in [0.1, 0.15) is 6.42 Å². The van der Waals surface area contributed by atoms with E-state index in [4.69, 9.17) is 4.74 Å². The van der Waals surface area contributed by atoms with Crippen LogP contribution in [0.3, 0.4) is 0 Å². The van der Waals surface area contributed by atoms with E-state index in [1.165, 1.54) is 0 Å². The molecule has 0 radical (unpaired) electrons. The largest absolute Gasteiger partial charge is 0.487 e. The van der Waals surface area contributed by atoms with Crippen LogP contribution in [-0.2, 0) is 6.54 Å². The van der Waals surface area contributed by atoms with Crippen molar-refractivity contribution in [2.45, 2.75) is 13.0 Å². The number of rotatable bonds is 6. The van der Waals surface area contributed by atoms with E-state index >= 15 is 0 Å². The number of ether oxygens (including phenoxy) is 1. The van der Waals surface area contributed by atoms with Crippen molar-refractivity contribution in [1.29, 1.82) is 0 Å². The second-order valence-electron chi connectivity index (χ2n) is 3.87. The Kier molecular flexibility index (Phi) is 4.07. The van der Waals surface area contributed by atoms with E-state index in [9.17, 15) is 14.5 Å². The maximum Gasteiger partial charge on any atom is 0.311 e. The second-order valence-corrected chi connectivity index (χ2v) is 3.87. The molecule has 7 heteroatoms. The van der Waals surface area contributed by atoms with E-state index in [-0.39, 0.29) is 18.0 Å². The summed E-state index contributed by atoms with van der Waals surface area (Å²) in [5, 5.41) is 10.7. The molecule has 0 aliphatic heterocycles. The molecule has 0 aliphatic carbocycles. The van der Waals surface area contributed by atoms with Crippen LogP contribution >= 0.6 is 0 Å². The summed E-state index contributed by atoms with van der Waals surface area (Å²) in [6.45, 7) is 0.950. The van der Waals surface area contributed by atoms with Crippen LogP contribution in [0.15, 0.2) is 36.9 Å². The van der Waals surface area contributed by atoms with Crippen LogP contribution in [0.5, 0.6) is 5.75 Å². The van der Waals surface area contributed by atoms with E-state index in [0.717, 1.165) is 18.2 Å². The average Bonchev–Trinajstić information content (AvgIpc) is 2.87. The van der Waals surface area contributed by atoms with Crippen molar-refractivity contribution in [2.75, 3.05) is 6.61 Å². The first-order chi connectivity index (χ1) is 9.16. The highest BCUT2D eigenvalue weighted by molar-refractivity contribution is 5.46. The lowest BCUT2D eigenvalue weighted by atomic mass is 10.3. The molecule has 1 heterocycles. The zero-order valence-electron chi connectivity index (χ0n) is 10.0. The maximum atomic E-state index is 13.0. The predicted molar refractivity (Wildman–Crippen MR) is 65.4 cm³/mol. The van der Waals surface area contributed by atoms with Gasteiger partial charge in [-0.15, -0.1) is 0 Å². The molecule has 0 spiro atoms. The fourth-order valence-corrected chi connectivity index (χ4v) is 1.60. The van der Waals surface area contributed by atoms with Crippen molar-refractivity contribution in [3.05, 3.63) is 52.9 Å². The highest BCUT2D eigenvalue weighted by atomic mass is 19.1. The minimum atomic E-state index is -0.593. The van der Waals surface area contributed by atoms with E-state index in [0.29, 0.717) is 13.0 Å². The molecule has 0 amide bonds. The van der Waals surface area contributed by atoms with E-state index in [1.54, 1.807) is 12.5 Å². The summed E-state index contributed by atoms with van der Waals surface area (Å²) in [7, 11) is 0. The molecular formula is C12H12FN3O3. The SMILES string of the molecule is O=[N+]([O-])c1ccc(F)cc1OCCCn1ccnc1. The number of nitro benzene ring substituents is 1. The maximum absolute atomic E-state index is 13.0. The Hall–Kier alpha value is -2.44. The van der Waals surface area contributed by atoms with Gasteiger partial charge in [0.05, 0.1) is 17.9 Å². The molecule has 100 valence electrons. The molecule has 0 fully saturated rings. The van der Waals surface area contributed by atoms with Gasteiger partial charge in [-0.3, -0.25) is 10.1 Å². The number of nitrogens with zero attached hydrogens (tertiary/aromatic N) is 3. The Morgan fingerprint density at radius 2 is 2.32 bits per heavy atom. The van der Waals surface area contributed by atoms with Crippen LogP contribution in [0, 0.1) is 15.9 Å². The predicted octanol–water partition coefficient (Wildman–Crippen LogP) is 2.40. The molecule has 6 nitrogen and oxygen atoms in total. The zero-order valence-corrected chi connectivity index (χ0v) is 10.0. The van der Waals surface area contributed by atoms with E-state index in [1.807, 2.05) is 10.8 Å². The molecule has 1 aromatic carbocycles. The van der Waals surface area contributed by atoms with E-state index < -0.39 is 10.7 Å². The first-order valence-corrected chi connectivity index (χ1v) is 5.69. The van der Waals surface area contributed by atoms with Crippen LogP contribution in [-0.4, -0.2) is 21.1 Å². The van der Waals surface area contributed by atoms with Gasteiger partial charge in [0.2, 0.25) is 0 Å². The summed E-state index contributed by atoms with van der Waals surface area (Å²) >= 11 is 0. The fraction of sp³-hybridized carbons (Fsp3) is 0.250. The van der Waals surface area contributed by atoms with Crippen molar-refractivity contribution in [1.82, 2.24) is 9.55 Å². The first kappa shape index (κ1) is 13.0. The van der Waals surface area contributed by atoms with Crippen molar-refractivity contribution >= 4 is 5.69 Å². The quantitative estimate of drug-likeness (QED) is 0.457. The van der Waals surface area contributed by atoms with Crippen LogP contribution in [0.2, 0.25) is 0 Å². The number of benzene rings is 1. The van der Waals surface area contributed by atoms with Gasteiger partial charge in [0, 0.05) is 31.1 Å². The zero-order chi connectivity index (χ0) is 13.7. The highest BCUT2D eigenvalue weighted by Gasteiger charge is 2.15. The summed E-state index contributed by atoms with van der Waals surface area (Å²) in [6.07, 6.45) is 5.79. The Morgan fingerprint density at radius 1 is 1.47 bits per heavy atom. The molecular weight excluding hydrogens is 253 g/mol. The number of hydrogen-bond acceptors (Lipinski definition) is 4. The van der Waals surface area contributed by atoms with Crippen molar-refractivity contribution in [3.63, 3.8) is 0 Å². The van der Waals surface area contributed by atoms with Gasteiger partial charge in [-0.2, -0.15) is 0 Å². The Morgan fingerprint density at radius 3 is 3.00 bits per heavy atom. The van der Waals surface area contributed by atoms with Crippen LogP contribution in [0.25, 0.3) is 0 Å². The summed E-state index contributed by atoms with van der Waals surface area (Å²) in [4.78, 5) is 14.0. The molecule has 0 unspecified atom stereocenters.